The number of hydrogen-bond donors (Lipinski definition) is 0. The number of ether oxygens (including phenoxy) is 1. The number of carbonyl (C=O) groups excluding carboxylic acids is 2. The first-order valence-corrected chi connectivity index (χ1v) is 6.78. The van der Waals surface area contributed by atoms with Crippen molar-refractivity contribution >= 4 is 17.6 Å². The minimum absolute atomic E-state index is 0.248. The zero-order valence-corrected chi connectivity index (χ0v) is 12.8. The lowest BCUT2D eigenvalue weighted by molar-refractivity contribution is -0.155. The Morgan fingerprint density at radius 2 is 1.75 bits per heavy atom. The van der Waals surface area contributed by atoms with Crippen molar-refractivity contribution in [3.63, 3.8) is 0 Å². The van der Waals surface area contributed by atoms with Crippen LogP contribution in [0.3, 0.4) is 0 Å². The maximum Gasteiger partial charge on any atom is 0.319 e. The molecule has 0 saturated carbocycles. The molecule has 0 aliphatic heterocycles. The number of esters is 1. The minimum Gasteiger partial charge on any atom is -0.465 e. The summed E-state index contributed by atoms with van der Waals surface area (Å²) in [6.45, 7) is 7.61. The second kappa shape index (κ2) is 6.55. The molecule has 0 heterocycles. The van der Waals surface area contributed by atoms with E-state index in [0.29, 0.717) is 0 Å². The van der Waals surface area contributed by atoms with Crippen LogP contribution in [0.25, 0.3) is 0 Å². The SMILES string of the molecule is CCOC(=O)C(C(=O)N(C)c1ccccc1)C(C)(C)C. The molecule has 1 amide bonds. The van der Waals surface area contributed by atoms with Gasteiger partial charge in [-0.15, -0.1) is 0 Å². The number of benzene rings is 1. The lowest BCUT2D eigenvalue weighted by atomic mass is 9.79. The molecule has 1 unspecified atom stereocenters. The van der Waals surface area contributed by atoms with E-state index in [2.05, 4.69) is 0 Å². The third-order valence-electron chi connectivity index (χ3n) is 3.11. The highest BCUT2D eigenvalue weighted by Crippen LogP contribution is 2.30. The molecule has 0 spiro atoms. The van der Waals surface area contributed by atoms with E-state index < -0.39 is 17.3 Å². The molecule has 1 aromatic carbocycles. The Morgan fingerprint density at radius 3 is 2.20 bits per heavy atom. The molecule has 0 radical (unpaired) electrons. The van der Waals surface area contributed by atoms with Gasteiger partial charge in [0.05, 0.1) is 6.61 Å². The van der Waals surface area contributed by atoms with E-state index in [0.717, 1.165) is 5.69 Å². The van der Waals surface area contributed by atoms with Crippen LogP contribution < -0.4 is 4.90 Å². The highest BCUT2D eigenvalue weighted by atomic mass is 16.5. The van der Waals surface area contributed by atoms with Crippen LogP contribution in [0.5, 0.6) is 0 Å². The van der Waals surface area contributed by atoms with Crippen LogP contribution in [-0.4, -0.2) is 25.5 Å². The molecule has 0 bridgehead atoms. The smallest absolute Gasteiger partial charge is 0.319 e. The summed E-state index contributed by atoms with van der Waals surface area (Å²) in [4.78, 5) is 26.2. The molecule has 0 aromatic heterocycles. The van der Waals surface area contributed by atoms with Gasteiger partial charge < -0.3 is 9.64 Å². The normalized spacial score (nSPS) is 12.7. The van der Waals surface area contributed by atoms with Gasteiger partial charge in [-0.1, -0.05) is 39.0 Å². The summed E-state index contributed by atoms with van der Waals surface area (Å²) >= 11 is 0. The molecular weight excluding hydrogens is 254 g/mol. The number of amides is 1. The minimum atomic E-state index is -0.812. The van der Waals surface area contributed by atoms with E-state index in [1.807, 2.05) is 51.1 Å². The largest absolute Gasteiger partial charge is 0.465 e. The fourth-order valence-electron chi connectivity index (χ4n) is 2.02. The molecule has 0 aliphatic carbocycles. The van der Waals surface area contributed by atoms with Gasteiger partial charge in [-0.05, 0) is 24.5 Å². The Balaban J connectivity index is 3.03. The van der Waals surface area contributed by atoms with E-state index >= 15 is 0 Å². The Morgan fingerprint density at radius 1 is 1.20 bits per heavy atom. The molecule has 4 nitrogen and oxygen atoms in total. The molecule has 0 aliphatic rings. The Bertz CT molecular complexity index is 462. The zero-order chi connectivity index (χ0) is 15.3. The Kier molecular flexibility index (Phi) is 5.31. The first-order valence-electron chi connectivity index (χ1n) is 6.78. The fourth-order valence-corrected chi connectivity index (χ4v) is 2.02. The first-order chi connectivity index (χ1) is 9.29. The van der Waals surface area contributed by atoms with Crippen molar-refractivity contribution < 1.29 is 14.3 Å². The van der Waals surface area contributed by atoms with Gasteiger partial charge in [0.1, 0.15) is 5.92 Å². The van der Waals surface area contributed by atoms with Crippen LogP contribution in [0.15, 0.2) is 30.3 Å². The molecule has 0 N–H and O–H groups in total. The quantitative estimate of drug-likeness (QED) is 0.628. The van der Waals surface area contributed by atoms with Gasteiger partial charge in [0.25, 0.3) is 0 Å². The molecule has 1 rings (SSSR count). The van der Waals surface area contributed by atoms with Crippen molar-refractivity contribution in [2.75, 3.05) is 18.6 Å². The van der Waals surface area contributed by atoms with Gasteiger partial charge in [-0.25, -0.2) is 0 Å². The predicted octanol–water partition coefficient (Wildman–Crippen LogP) is 2.87. The van der Waals surface area contributed by atoms with E-state index in [9.17, 15) is 9.59 Å². The van der Waals surface area contributed by atoms with Crippen molar-refractivity contribution in [1.82, 2.24) is 0 Å². The van der Waals surface area contributed by atoms with Crippen molar-refractivity contribution in [2.24, 2.45) is 11.3 Å². The van der Waals surface area contributed by atoms with Gasteiger partial charge in [-0.2, -0.15) is 0 Å². The maximum absolute atomic E-state index is 12.6. The van der Waals surface area contributed by atoms with Crippen molar-refractivity contribution in [3.05, 3.63) is 30.3 Å². The van der Waals surface area contributed by atoms with Gasteiger partial charge in [-0.3, -0.25) is 9.59 Å². The second-order valence-electron chi connectivity index (χ2n) is 5.78. The average molecular weight is 277 g/mol. The Labute approximate surface area is 120 Å². The maximum atomic E-state index is 12.6. The number of para-hydroxylation sites is 1. The molecule has 0 fully saturated rings. The van der Waals surface area contributed by atoms with Crippen LogP contribution in [0.2, 0.25) is 0 Å². The summed E-state index contributed by atoms with van der Waals surface area (Å²) in [5.41, 5.74) is 0.267. The van der Waals surface area contributed by atoms with Crippen molar-refractivity contribution in [1.29, 1.82) is 0 Å². The molecular formula is C16H23NO3. The number of carbonyl (C=O) groups is 2. The van der Waals surface area contributed by atoms with Crippen LogP contribution in [-0.2, 0) is 14.3 Å². The predicted molar refractivity (Wildman–Crippen MR) is 79.4 cm³/mol. The zero-order valence-electron chi connectivity index (χ0n) is 12.8. The van der Waals surface area contributed by atoms with E-state index in [1.165, 1.54) is 4.90 Å². The third-order valence-corrected chi connectivity index (χ3v) is 3.11. The van der Waals surface area contributed by atoms with Crippen LogP contribution in [0.1, 0.15) is 27.7 Å². The van der Waals surface area contributed by atoms with Gasteiger partial charge in [0.15, 0.2) is 0 Å². The van der Waals surface area contributed by atoms with Gasteiger partial charge >= 0.3 is 5.97 Å². The molecule has 20 heavy (non-hydrogen) atoms. The van der Waals surface area contributed by atoms with E-state index in [-0.39, 0.29) is 12.5 Å². The summed E-state index contributed by atoms with van der Waals surface area (Å²) in [7, 11) is 1.68. The van der Waals surface area contributed by atoms with Gasteiger partial charge in [0.2, 0.25) is 5.91 Å². The summed E-state index contributed by atoms with van der Waals surface area (Å²) in [5.74, 6) is -1.53. The highest BCUT2D eigenvalue weighted by molar-refractivity contribution is 6.06. The Hall–Kier alpha value is -1.84. The summed E-state index contributed by atoms with van der Waals surface area (Å²) in [5, 5.41) is 0. The fraction of sp³-hybridized carbons (Fsp3) is 0.500. The topological polar surface area (TPSA) is 46.6 Å². The standard InChI is InChI=1S/C16H23NO3/c1-6-20-15(19)13(16(2,3)4)14(18)17(5)12-10-8-7-9-11-12/h7-11,13H,6H2,1-5H3. The lowest BCUT2D eigenvalue weighted by Crippen LogP contribution is -2.44. The molecule has 0 saturated heterocycles. The van der Waals surface area contributed by atoms with E-state index in [4.69, 9.17) is 4.74 Å². The third kappa shape index (κ3) is 3.83. The molecule has 110 valence electrons. The van der Waals surface area contributed by atoms with Crippen molar-refractivity contribution in [2.45, 2.75) is 27.7 Å². The number of rotatable bonds is 4. The molecule has 1 aromatic rings. The number of hydrogen-bond acceptors (Lipinski definition) is 3. The number of anilines is 1. The molecule has 4 heteroatoms. The van der Waals surface area contributed by atoms with E-state index in [1.54, 1.807) is 14.0 Å². The second-order valence-corrected chi connectivity index (χ2v) is 5.78. The lowest BCUT2D eigenvalue weighted by Gasteiger charge is -2.31. The monoisotopic (exact) mass is 277 g/mol. The number of nitrogens with zero attached hydrogens (tertiary/aromatic N) is 1. The first kappa shape index (κ1) is 16.2. The average Bonchev–Trinajstić information content (AvgIpc) is 2.37. The summed E-state index contributed by atoms with van der Waals surface area (Å²) < 4.78 is 5.05. The van der Waals surface area contributed by atoms with Crippen LogP contribution in [0.4, 0.5) is 5.69 Å². The molecule has 1 atom stereocenters. The van der Waals surface area contributed by atoms with Gasteiger partial charge in [0, 0.05) is 12.7 Å². The summed E-state index contributed by atoms with van der Waals surface area (Å²) in [6.07, 6.45) is 0. The highest BCUT2D eigenvalue weighted by Gasteiger charge is 2.40. The van der Waals surface area contributed by atoms with Crippen molar-refractivity contribution in [3.8, 4) is 0 Å². The van der Waals surface area contributed by atoms with Crippen LogP contribution in [0, 0.1) is 11.3 Å². The van der Waals surface area contributed by atoms with Crippen LogP contribution >= 0.6 is 0 Å². The summed E-state index contributed by atoms with van der Waals surface area (Å²) in [6, 6.07) is 9.27.